The molecule has 5 nitrogen and oxygen atoms in total. The first-order valence-corrected chi connectivity index (χ1v) is 6.78. The van der Waals surface area contributed by atoms with Crippen LogP contribution in [0.3, 0.4) is 0 Å². The predicted octanol–water partition coefficient (Wildman–Crippen LogP) is 2.19. The lowest BCUT2D eigenvalue weighted by Crippen LogP contribution is -2.45. The lowest BCUT2D eigenvalue weighted by molar-refractivity contribution is -0.112. The maximum atomic E-state index is 13.3. The van der Waals surface area contributed by atoms with Gasteiger partial charge in [0.25, 0.3) is 5.91 Å². The van der Waals surface area contributed by atoms with Crippen LogP contribution in [0.2, 0.25) is 0 Å². The van der Waals surface area contributed by atoms with E-state index in [9.17, 15) is 13.6 Å². The van der Waals surface area contributed by atoms with Gasteiger partial charge in [-0.15, -0.1) is 0 Å². The fraction of sp³-hybridized carbons (Fsp3) is 0.571. The van der Waals surface area contributed by atoms with Gasteiger partial charge in [-0.2, -0.15) is 0 Å². The fourth-order valence-electron chi connectivity index (χ4n) is 2.53. The molecule has 0 spiro atoms. The second-order valence-electron chi connectivity index (χ2n) is 5.38. The van der Waals surface area contributed by atoms with Gasteiger partial charge in [-0.25, -0.2) is 8.78 Å². The minimum atomic E-state index is -2.62. The number of nitrogens with one attached hydrogen (secondary N) is 1. The standard InChI is InChI=1S/C14H19F2N3O2/c1-21-13(3-5-14(15,16)6-4-13)9-19-11-8-18-7-2-10(11)12(17)20/h2,7-8,19H,3-6,9H2,1H3,(H2,17,20). The molecule has 0 radical (unpaired) electrons. The number of carbonyl (C=O) groups excluding carboxylic acids is 1. The number of primary amides is 1. The van der Waals surface area contributed by atoms with Crippen LogP contribution in [-0.4, -0.2) is 36.1 Å². The van der Waals surface area contributed by atoms with Gasteiger partial charge in [0.2, 0.25) is 5.92 Å². The van der Waals surface area contributed by atoms with Crippen LogP contribution in [0.4, 0.5) is 14.5 Å². The number of carbonyl (C=O) groups is 1. The second-order valence-corrected chi connectivity index (χ2v) is 5.38. The summed E-state index contributed by atoms with van der Waals surface area (Å²) in [4.78, 5) is 15.3. The molecule has 1 fully saturated rings. The van der Waals surface area contributed by atoms with Crippen LogP contribution in [0, 0.1) is 0 Å². The van der Waals surface area contributed by atoms with E-state index in [2.05, 4.69) is 10.3 Å². The molecule has 2 rings (SSSR count). The molecule has 1 saturated carbocycles. The Labute approximate surface area is 121 Å². The minimum absolute atomic E-state index is 0.196. The molecule has 0 aliphatic heterocycles. The molecule has 116 valence electrons. The average Bonchev–Trinajstić information content (AvgIpc) is 2.47. The van der Waals surface area contributed by atoms with Crippen LogP contribution in [0.25, 0.3) is 0 Å². The summed E-state index contributed by atoms with van der Waals surface area (Å²) >= 11 is 0. The van der Waals surface area contributed by atoms with Gasteiger partial charge in [-0.1, -0.05) is 0 Å². The van der Waals surface area contributed by atoms with E-state index >= 15 is 0 Å². The smallest absolute Gasteiger partial charge is 0.250 e. The van der Waals surface area contributed by atoms with Crippen LogP contribution >= 0.6 is 0 Å². The Morgan fingerprint density at radius 2 is 2.10 bits per heavy atom. The number of anilines is 1. The number of methoxy groups -OCH3 is 1. The van der Waals surface area contributed by atoms with Crippen molar-refractivity contribution < 1.29 is 18.3 Å². The van der Waals surface area contributed by atoms with Gasteiger partial charge in [0, 0.05) is 32.7 Å². The highest BCUT2D eigenvalue weighted by Gasteiger charge is 2.43. The molecule has 1 aromatic heterocycles. The summed E-state index contributed by atoms with van der Waals surface area (Å²) in [5.74, 6) is -3.18. The largest absolute Gasteiger partial charge is 0.380 e. The lowest BCUT2D eigenvalue weighted by atomic mass is 9.82. The van der Waals surface area contributed by atoms with Crippen molar-refractivity contribution in [3.05, 3.63) is 24.0 Å². The maximum absolute atomic E-state index is 13.3. The number of ether oxygens (including phenoxy) is 1. The van der Waals surface area contributed by atoms with E-state index in [0.717, 1.165) is 0 Å². The molecule has 1 aliphatic carbocycles. The zero-order valence-corrected chi connectivity index (χ0v) is 11.9. The van der Waals surface area contributed by atoms with Crippen molar-refractivity contribution in [1.29, 1.82) is 0 Å². The van der Waals surface area contributed by atoms with E-state index in [1.807, 2.05) is 0 Å². The number of nitrogens with two attached hydrogens (primary N) is 1. The number of hydrogen-bond acceptors (Lipinski definition) is 4. The zero-order chi connectivity index (χ0) is 15.5. The van der Waals surface area contributed by atoms with Gasteiger partial charge in [0.15, 0.2) is 0 Å². The second kappa shape index (κ2) is 5.93. The molecule has 1 heterocycles. The van der Waals surface area contributed by atoms with Crippen LogP contribution in [0.1, 0.15) is 36.0 Å². The third kappa shape index (κ3) is 3.66. The zero-order valence-electron chi connectivity index (χ0n) is 11.9. The van der Waals surface area contributed by atoms with E-state index in [4.69, 9.17) is 10.5 Å². The molecule has 1 aromatic rings. The summed E-state index contributed by atoms with van der Waals surface area (Å²) in [6.07, 6.45) is 3.08. The van der Waals surface area contributed by atoms with E-state index in [1.54, 1.807) is 0 Å². The predicted molar refractivity (Wildman–Crippen MR) is 74.4 cm³/mol. The number of nitrogens with zero attached hydrogens (tertiary/aromatic N) is 1. The Morgan fingerprint density at radius 3 is 2.67 bits per heavy atom. The molecule has 0 bridgehead atoms. The lowest BCUT2D eigenvalue weighted by Gasteiger charge is -2.39. The number of aromatic nitrogens is 1. The first-order chi connectivity index (χ1) is 9.87. The Balaban J connectivity index is 2.06. The van der Waals surface area contributed by atoms with Gasteiger partial charge in [-0.3, -0.25) is 9.78 Å². The number of hydrogen-bond donors (Lipinski definition) is 2. The number of pyridine rings is 1. The molecule has 0 aromatic carbocycles. The van der Waals surface area contributed by atoms with Gasteiger partial charge in [-0.05, 0) is 18.9 Å². The molecule has 7 heteroatoms. The van der Waals surface area contributed by atoms with Crippen LogP contribution in [0.5, 0.6) is 0 Å². The molecule has 0 unspecified atom stereocenters. The van der Waals surface area contributed by atoms with Crippen LogP contribution < -0.4 is 11.1 Å². The highest BCUT2D eigenvalue weighted by atomic mass is 19.3. The third-order valence-corrected chi connectivity index (χ3v) is 4.01. The van der Waals surface area contributed by atoms with Gasteiger partial charge >= 0.3 is 0 Å². The summed E-state index contributed by atoms with van der Waals surface area (Å²) in [6.45, 7) is 0.325. The van der Waals surface area contributed by atoms with Gasteiger partial charge < -0.3 is 15.8 Å². The molecule has 3 N–H and O–H groups in total. The Hall–Kier alpha value is -1.76. The normalized spacial score (nSPS) is 20.0. The molecule has 1 amide bonds. The Morgan fingerprint density at radius 1 is 1.43 bits per heavy atom. The monoisotopic (exact) mass is 299 g/mol. The third-order valence-electron chi connectivity index (χ3n) is 4.01. The molecule has 1 aliphatic rings. The SMILES string of the molecule is COC1(CNc2cnccc2C(N)=O)CCC(F)(F)CC1. The van der Waals surface area contributed by atoms with Crippen molar-refractivity contribution in [2.24, 2.45) is 5.73 Å². The van der Waals surface area contributed by atoms with Crippen molar-refractivity contribution in [2.75, 3.05) is 19.0 Å². The maximum Gasteiger partial charge on any atom is 0.250 e. The van der Waals surface area contributed by atoms with Crippen molar-refractivity contribution in [1.82, 2.24) is 4.98 Å². The van der Waals surface area contributed by atoms with E-state index in [0.29, 0.717) is 17.8 Å². The average molecular weight is 299 g/mol. The molecular weight excluding hydrogens is 280 g/mol. The molecule has 0 saturated heterocycles. The molecular formula is C14H19F2N3O2. The summed E-state index contributed by atoms with van der Waals surface area (Å²) in [7, 11) is 1.52. The Kier molecular flexibility index (Phi) is 4.41. The number of rotatable bonds is 5. The van der Waals surface area contributed by atoms with Crippen LogP contribution in [-0.2, 0) is 4.74 Å². The highest BCUT2D eigenvalue weighted by Crippen LogP contribution is 2.40. The van der Waals surface area contributed by atoms with Gasteiger partial charge in [0.05, 0.1) is 23.0 Å². The van der Waals surface area contributed by atoms with E-state index in [-0.39, 0.29) is 25.7 Å². The first kappa shape index (κ1) is 15.6. The van der Waals surface area contributed by atoms with Crippen molar-refractivity contribution in [3.63, 3.8) is 0 Å². The Bertz CT molecular complexity index is 513. The molecule has 21 heavy (non-hydrogen) atoms. The number of alkyl halides is 2. The van der Waals surface area contributed by atoms with Crippen LogP contribution in [0.15, 0.2) is 18.5 Å². The quantitative estimate of drug-likeness (QED) is 0.873. The summed E-state index contributed by atoms with van der Waals surface area (Å²) in [5, 5.41) is 3.05. The minimum Gasteiger partial charge on any atom is -0.380 e. The van der Waals surface area contributed by atoms with Gasteiger partial charge in [0.1, 0.15) is 0 Å². The van der Waals surface area contributed by atoms with Crippen molar-refractivity contribution in [2.45, 2.75) is 37.2 Å². The molecule has 0 atom stereocenters. The van der Waals surface area contributed by atoms with E-state index in [1.165, 1.54) is 25.6 Å². The number of halogens is 2. The van der Waals surface area contributed by atoms with E-state index < -0.39 is 17.4 Å². The topological polar surface area (TPSA) is 77.2 Å². The van der Waals surface area contributed by atoms with Crippen molar-refractivity contribution >= 4 is 11.6 Å². The number of amides is 1. The highest BCUT2D eigenvalue weighted by molar-refractivity contribution is 5.98. The summed E-state index contributed by atoms with van der Waals surface area (Å²) in [6, 6.07) is 1.51. The first-order valence-electron chi connectivity index (χ1n) is 6.78. The summed E-state index contributed by atoms with van der Waals surface area (Å²) in [5.41, 5.74) is 5.43. The summed E-state index contributed by atoms with van der Waals surface area (Å²) < 4.78 is 32.0. The van der Waals surface area contributed by atoms with Crippen molar-refractivity contribution in [3.8, 4) is 0 Å². The fourth-order valence-corrected chi connectivity index (χ4v) is 2.53.